The Hall–Kier alpha value is -1.38. The molecule has 1 aliphatic rings. The van der Waals surface area contributed by atoms with Crippen molar-refractivity contribution in [1.82, 2.24) is 5.32 Å². The van der Waals surface area contributed by atoms with Crippen LogP contribution < -0.4 is 5.32 Å². The summed E-state index contributed by atoms with van der Waals surface area (Å²) >= 11 is 6.20. The first kappa shape index (κ1) is 13.6. The van der Waals surface area contributed by atoms with Crippen LogP contribution in [0.25, 0.3) is 11.1 Å². The fourth-order valence-corrected chi connectivity index (χ4v) is 2.61. The first-order valence-electron chi connectivity index (χ1n) is 6.92. The van der Waals surface area contributed by atoms with Crippen LogP contribution in [0.1, 0.15) is 24.0 Å². The second-order valence-corrected chi connectivity index (χ2v) is 5.85. The van der Waals surface area contributed by atoms with Crippen LogP contribution in [-0.2, 0) is 6.54 Å². The van der Waals surface area contributed by atoms with Crippen LogP contribution in [0.15, 0.2) is 36.4 Å². The zero-order valence-electron chi connectivity index (χ0n) is 11.4. The van der Waals surface area contributed by atoms with Gasteiger partial charge in [0, 0.05) is 18.2 Å². The Morgan fingerprint density at radius 3 is 2.65 bits per heavy atom. The van der Waals surface area contributed by atoms with Gasteiger partial charge in [-0.1, -0.05) is 35.4 Å². The van der Waals surface area contributed by atoms with E-state index < -0.39 is 0 Å². The van der Waals surface area contributed by atoms with Crippen molar-refractivity contribution in [3.63, 3.8) is 0 Å². The van der Waals surface area contributed by atoms with Gasteiger partial charge in [-0.25, -0.2) is 4.39 Å². The average molecular weight is 290 g/mol. The second-order valence-electron chi connectivity index (χ2n) is 5.44. The fourth-order valence-electron chi connectivity index (χ4n) is 2.34. The molecule has 0 amide bonds. The highest BCUT2D eigenvalue weighted by Gasteiger charge is 2.20. The summed E-state index contributed by atoms with van der Waals surface area (Å²) in [6, 6.07) is 11.6. The van der Waals surface area contributed by atoms with Crippen LogP contribution in [0.5, 0.6) is 0 Å². The molecule has 0 bridgehead atoms. The second kappa shape index (κ2) is 5.55. The number of benzene rings is 2. The van der Waals surface area contributed by atoms with Crippen LogP contribution in [0.2, 0.25) is 5.02 Å². The highest BCUT2D eigenvalue weighted by molar-refractivity contribution is 6.33. The monoisotopic (exact) mass is 289 g/mol. The number of hydrogen-bond donors (Lipinski definition) is 1. The van der Waals surface area contributed by atoms with Crippen LogP contribution in [0.4, 0.5) is 4.39 Å². The van der Waals surface area contributed by atoms with Crippen LogP contribution in [0, 0.1) is 12.7 Å². The van der Waals surface area contributed by atoms with E-state index in [1.165, 1.54) is 36.1 Å². The van der Waals surface area contributed by atoms with E-state index in [2.05, 4.69) is 30.4 Å². The average Bonchev–Trinajstić information content (AvgIpc) is 3.21. The first-order valence-corrected chi connectivity index (χ1v) is 7.29. The van der Waals surface area contributed by atoms with Gasteiger partial charge in [0.15, 0.2) is 0 Å². The zero-order valence-corrected chi connectivity index (χ0v) is 12.2. The zero-order chi connectivity index (χ0) is 14.1. The minimum atomic E-state index is -0.302. The van der Waals surface area contributed by atoms with Gasteiger partial charge >= 0.3 is 0 Å². The third-order valence-corrected chi connectivity index (χ3v) is 3.96. The maximum atomic E-state index is 13.2. The van der Waals surface area contributed by atoms with E-state index in [1.807, 2.05) is 0 Å². The number of nitrogens with one attached hydrogen (secondary N) is 1. The lowest BCUT2D eigenvalue weighted by atomic mass is 9.97. The van der Waals surface area contributed by atoms with Crippen molar-refractivity contribution < 1.29 is 4.39 Å². The molecule has 104 valence electrons. The third-order valence-electron chi connectivity index (χ3n) is 3.65. The highest BCUT2D eigenvalue weighted by atomic mass is 35.5. The molecule has 2 aromatic rings. The van der Waals surface area contributed by atoms with E-state index in [1.54, 1.807) is 6.07 Å². The summed E-state index contributed by atoms with van der Waals surface area (Å²) in [4.78, 5) is 0. The quantitative estimate of drug-likeness (QED) is 0.860. The molecular formula is C17H17ClFN. The van der Waals surface area contributed by atoms with Crippen molar-refractivity contribution >= 4 is 11.6 Å². The number of halogens is 2. The van der Waals surface area contributed by atoms with E-state index in [-0.39, 0.29) is 5.82 Å². The first-order chi connectivity index (χ1) is 9.63. The van der Waals surface area contributed by atoms with Gasteiger partial charge in [0.25, 0.3) is 0 Å². The van der Waals surface area contributed by atoms with Gasteiger partial charge in [0.2, 0.25) is 0 Å². The maximum absolute atomic E-state index is 13.2. The molecule has 0 heterocycles. The Bertz CT molecular complexity index is 635. The van der Waals surface area contributed by atoms with Gasteiger partial charge in [-0.05, 0) is 49.1 Å². The molecule has 0 saturated heterocycles. The van der Waals surface area contributed by atoms with Crippen molar-refractivity contribution in [3.05, 3.63) is 58.4 Å². The Morgan fingerprint density at radius 1 is 1.15 bits per heavy atom. The predicted molar refractivity (Wildman–Crippen MR) is 81.4 cm³/mol. The molecule has 0 aliphatic heterocycles. The van der Waals surface area contributed by atoms with Crippen LogP contribution >= 0.6 is 11.6 Å². The number of rotatable bonds is 4. The Labute approximate surface area is 123 Å². The molecule has 0 atom stereocenters. The molecule has 20 heavy (non-hydrogen) atoms. The van der Waals surface area contributed by atoms with Gasteiger partial charge in [-0.3, -0.25) is 0 Å². The standard InChI is InChI=1S/C17H17ClFN/c1-11-2-3-12(10-20-14-5-6-14)16(8-11)15-7-4-13(19)9-17(15)18/h2-4,7-9,14,20H,5-6,10H2,1H3. The SMILES string of the molecule is Cc1ccc(CNC2CC2)c(-c2ccc(F)cc2Cl)c1. The summed E-state index contributed by atoms with van der Waals surface area (Å²) in [6.07, 6.45) is 2.52. The predicted octanol–water partition coefficient (Wildman–Crippen LogP) is 4.71. The van der Waals surface area contributed by atoms with Gasteiger partial charge in [-0.2, -0.15) is 0 Å². The lowest BCUT2D eigenvalue weighted by Gasteiger charge is -2.13. The molecule has 0 spiro atoms. The van der Waals surface area contributed by atoms with Crippen molar-refractivity contribution in [1.29, 1.82) is 0 Å². The summed E-state index contributed by atoms with van der Waals surface area (Å²) in [5.41, 5.74) is 4.36. The smallest absolute Gasteiger partial charge is 0.124 e. The van der Waals surface area contributed by atoms with E-state index in [9.17, 15) is 4.39 Å². The topological polar surface area (TPSA) is 12.0 Å². The lowest BCUT2D eigenvalue weighted by Crippen LogP contribution is -2.15. The maximum Gasteiger partial charge on any atom is 0.124 e. The molecule has 1 aliphatic carbocycles. The third kappa shape index (κ3) is 3.02. The molecule has 0 unspecified atom stereocenters. The summed E-state index contributed by atoms with van der Waals surface area (Å²) < 4.78 is 13.2. The molecule has 1 nitrogen and oxygen atoms in total. The van der Waals surface area contributed by atoms with E-state index in [0.29, 0.717) is 11.1 Å². The summed E-state index contributed by atoms with van der Waals surface area (Å²) in [6.45, 7) is 2.88. The largest absolute Gasteiger partial charge is 0.310 e. The molecule has 0 aromatic heterocycles. The summed E-state index contributed by atoms with van der Waals surface area (Å²) in [5.74, 6) is -0.302. The number of aryl methyl sites for hydroxylation is 1. The normalized spacial score (nSPS) is 14.6. The van der Waals surface area contributed by atoms with Gasteiger partial charge < -0.3 is 5.32 Å². The van der Waals surface area contributed by atoms with E-state index in [4.69, 9.17) is 11.6 Å². The lowest BCUT2D eigenvalue weighted by molar-refractivity contribution is 0.628. The van der Waals surface area contributed by atoms with Gasteiger partial charge in [0.05, 0.1) is 5.02 Å². The fraction of sp³-hybridized carbons (Fsp3) is 0.294. The molecule has 1 N–H and O–H groups in total. The van der Waals surface area contributed by atoms with Crippen molar-refractivity contribution in [2.24, 2.45) is 0 Å². The highest BCUT2D eigenvalue weighted by Crippen LogP contribution is 2.32. The molecule has 2 aromatic carbocycles. The molecular weight excluding hydrogens is 273 g/mol. The van der Waals surface area contributed by atoms with Crippen molar-refractivity contribution in [2.45, 2.75) is 32.4 Å². The minimum Gasteiger partial charge on any atom is -0.310 e. The molecule has 3 rings (SSSR count). The van der Waals surface area contributed by atoms with Gasteiger partial charge in [-0.15, -0.1) is 0 Å². The number of hydrogen-bond acceptors (Lipinski definition) is 1. The van der Waals surface area contributed by atoms with Gasteiger partial charge in [0.1, 0.15) is 5.82 Å². The molecule has 3 heteroatoms. The van der Waals surface area contributed by atoms with Crippen molar-refractivity contribution in [3.8, 4) is 11.1 Å². The Morgan fingerprint density at radius 2 is 1.95 bits per heavy atom. The molecule has 1 saturated carbocycles. The Balaban J connectivity index is 1.98. The van der Waals surface area contributed by atoms with Crippen LogP contribution in [-0.4, -0.2) is 6.04 Å². The Kier molecular flexibility index (Phi) is 3.77. The molecule has 0 radical (unpaired) electrons. The van der Waals surface area contributed by atoms with Crippen LogP contribution in [0.3, 0.4) is 0 Å². The summed E-state index contributed by atoms with van der Waals surface area (Å²) in [7, 11) is 0. The van der Waals surface area contributed by atoms with Crippen molar-refractivity contribution in [2.75, 3.05) is 0 Å². The molecule has 1 fully saturated rings. The minimum absolute atomic E-state index is 0.302. The van der Waals surface area contributed by atoms with E-state index in [0.717, 1.165) is 17.7 Å². The van der Waals surface area contributed by atoms with E-state index >= 15 is 0 Å². The summed E-state index contributed by atoms with van der Waals surface area (Å²) in [5, 5.41) is 3.98.